The average Bonchev–Trinajstić information content (AvgIpc) is 3.31. The van der Waals surface area contributed by atoms with Gasteiger partial charge in [-0.2, -0.15) is 0 Å². The fourth-order valence-electron chi connectivity index (χ4n) is 5.66. The number of ether oxygens (including phenoxy) is 1. The smallest absolute Gasteiger partial charge is 0.135 e. The number of nitrogens with zero attached hydrogens (tertiary/aromatic N) is 1. The van der Waals surface area contributed by atoms with Gasteiger partial charge in [0.25, 0.3) is 0 Å². The minimum atomic E-state index is -1.53. The molecular weight excluding hydrogens is 439 g/mol. The first-order valence-electron chi connectivity index (χ1n) is 12.1. The summed E-state index contributed by atoms with van der Waals surface area (Å²) in [6.45, 7) is 5.02. The molecule has 0 radical (unpaired) electrons. The number of benzene rings is 2. The number of aromatic nitrogens is 1. The van der Waals surface area contributed by atoms with Crippen LogP contribution in [0.5, 0.6) is 5.75 Å². The van der Waals surface area contributed by atoms with Crippen molar-refractivity contribution in [3.63, 3.8) is 0 Å². The fourth-order valence-corrected chi connectivity index (χ4v) is 5.66. The van der Waals surface area contributed by atoms with Crippen molar-refractivity contribution >= 4 is 10.9 Å². The van der Waals surface area contributed by atoms with Gasteiger partial charge in [-0.05, 0) is 58.1 Å². The van der Waals surface area contributed by atoms with Gasteiger partial charge in [0.05, 0.1) is 6.04 Å². The van der Waals surface area contributed by atoms with Crippen LogP contribution in [0.4, 0.5) is 13.2 Å². The zero-order valence-corrected chi connectivity index (χ0v) is 19.9. The summed E-state index contributed by atoms with van der Waals surface area (Å²) in [4.78, 5) is 5.26. The predicted molar refractivity (Wildman–Crippen MR) is 128 cm³/mol. The second-order valence-corrected chi connectivity index (χ2v) is 10.5. The molecule has 0 spiro atoms. The van der Waals surface area contributed by atoms with E-state index in [1.54, 1.807) is 0 Å². The third-order valence-electron chi connectivity index (χ3n) is 7.13. The van der Waals surface area contributed by atoms with Crippen LogP contribution in [0.25, 0.3) is 10.9 Å². The van der Waals surface area contributed by atoms with E-state index in [2.05, 4.69) is 4.98 Å². The lowest BCUT2D eigenvalue weighted by Gasteiger charge is -2.43. The average molecular weight is 472 g/mol. The molecule has 3 aromatic rings. The van der Waals surface area contributed by atoms with Gasteiger partial charge in [0, 0.05) is 52.9 Å². The first-order chi connectivity index (χ1) is 16.1. The Morgan fingerprint density at radius 2 is 1.85 bits per heavy atom. The standard InChI is InChI=1S/C27H32F3N3O/c1-15-10-20-19-6-4-5-7-23(19)32-25(20)26(33(15)14-27(2,3)30)24-21(28)12-18(13-22(24)29)34-17-9-8-16(31)11-17/h4-7,12-13,15-17,26,32H,8-11,14,31H2,1-3H3/t15-,16+,17-,26-/m1/s1. The number of nitrogens with one attached hydrogen (secondary N) is 1. The minimum absolute atomic E-state index is 0.0464. The Balaban J connectivity index is 1.60. The van der Waals surface area contributed by atoms with Crippen LogP contribution in [0.3, 0.4) is 0 Å². The molecule has 1 saturated carbocycles. The van der Waals surface area contributed by atoms with Crippen molar-refractivity contribution in [2.45, 2.75) is 76.4 Å². The molecule has 1 aromatic heterocycles. The highest BCUT2D eigenvalue weighted by atomic mass is 19.1. The molecule has 1 aliphatic heterocycles. The molecule has 0 bridgehead atoms. The van der Waals surface area contributed by atoms with Crippen LogP contribution in [0, 0.1) is 11.6 Å². The molecule has 2 aliphatic rings. The van der Waals surface area contributed by atoms with E-state index >= 15 is 8.78 Å². The molecule has 182 valence electrons. The SMILES string of the molecule is C[C@@H]1Cc2c([nH]c3ccccc23)[C@@H](c2c(F)cc(O[C@@H]3CC[C@H](N)C3)cc2F)N1CC(C)(C)F. The van der Waals surface area contributed by atoms with Gasteiger partial charge < -0.3 is 15.5 Å². The van der Waals surface area contributed by atoms with Gasteiger partial charge in [0.1, 0.15) is 29.2 Å². The Morgan fingerprint density at radius 1 is 1.15 bits per heavy atom. The van der Waals surface area contributed by atoms with Crippen molar-refractivity contribution in [1.29, 1.82) is 0 Å². The van der Waals surface area contributed by atoms with Crippen LogP contribution >= 0.6 is 0 Å². The van der Waals surface area contributed by atoms with E-state index in [1.165, 1.54) is 26.0 Å². The molecule has 7 heteroatoms. The van der Waals surface area contributed by atoms with Crippen molar-refractivity contribution in [3.8, 4) is 5.75 Å². The van der Waals surface area contributed by atoms with Gasteiger partial charge in [-0.15, -0.1) is 0 Å². The van der Waals surface area contributed by atoms with E-state index in [9.17, 15) is 4.39 Å². The van der Waals surface area contributed by atoms with Crippen molar-refractivity contribution in [2.24, 2.45) is 5.73 Å². The molecule has 0 unspecified atom stereocenters. The lowest BCUT2D eigenvalue weighted by molar-refractivity contribution is 0.0642. The number of rotatable bonds is 5. The molecule has 2 heterocycles. The molecule has 4 nitrogen and oxygen atoms in total. The maximum absolute atomic E-state index is 15.6. The summed E-state index contributed by atoms with van der Waals surface area (Å²) in [5.74, 6) is -1.22. The molecule has 3 N–H and O–H groups in total. The molecule has 1 fully saturated rings. The summed E-state index contributed by atoms with van der Waals surface area (Å²) in [5.41, 5.74) is 6.98. The van der Waals surface area contributed by atoms with Gasteiger partial charge >= 0.3 is 0 Å². The maximum atomic E-state index is 15.6. The first-order valence-corrected chi connectivity index (χ1v) is 12.1. The number of nitrogens with two attached hydrogens (primary N) is 1. The van der Waals surface area contributed by atoms with Crippen molar-refractivity contribution in [3.05, 3.63) is 64.9 Å². The van der Waals surface area contributed by atoms with E-state index < -0.39 is 23.3 Å². The van der Waals surface area contributed by atoms with E-state index in [0.717, 1.165) is 35.0 Å². The molecule has 34 heavy (non-hydrogen) atoms. The highest BCUT2D eigenvalue weighted by Gasteiger charge is 2.41. The number of hydrogen-bond donors (Lipinski definition) is 2. The molecule has 0 saturated heterocycles. The number of alkyl halides is 1. The van der Waals surface area contributed by atoms with Crippen LogP contribution < -0.4 is 10.5 Å². The third-order valence-corrected chi connectivity index (χ3v) is 7.13. The van der Waals surface area contributed by atoms with Gasteiger partial charge in [0.2, 0.25) is 0 Å². The Bertz CT molecular complexity index is 1180. The lowest BCUT2D eigenvalue weighted by Crippen LogP contribution is -2.48. The quantitative estimate of drug-likeness (QED) is 0.495. The highest BCUT2D eigenvalue weighted by Crippen LogP contribution is 2.44. The van der Waals surface area contributed by atoms with Gasteiger partial charge in [-0.3, -0.25) is 4.90 Å². The van der Waals surface area contributed by atoms with E-state index in [1.807, 2.05) is 36.1 Å². The summed E-state index contributed by atoms with van der Waals surface area (Å²) in [6.07, 6.45) is 2.80. The lowest BCUT2D eigenvalue weighted by atomic mass is 9.87. The first kappa shape index (κ1) is 23.2. The summed E-state index contributed by atoms with van der Waals surface area (Å²) in [6, 6.07) is 9.51. The fraction of sp³-hybridized carbons (Fsp3) is 0.481. The highest BCUT2D eigenvalue weighted by molar-refractivity contribution is 5.85. The molecule has 0 amide bonds. The third kappa shape index (κ3) is 4.31. The number of aromatic amines is 1. The summed E-state index contributed by atoms with van der Waals surface area (Å²) >= 11 is 0. The predicted octanol–water partition coefficient (Wildman–Crippen LogP) is 5.79. The summed E-state index contributed by atoms with van der Waals surface area (Å²) in [5, 5.41) is 1.03. The normalized spacial score (nSPS) is 25.6. The number of para-hydroxylation sites is 1. The Kier molecular flexibility index (Phi) is 5.89. The number of halogens is 3. The van der Waals surface area contributed by atoms with E-state index in [0.29, 0.717) is 12.8 Å². The van der Waals surface area contributed by atoms with Crippen LogP contribution in [0.1, 0.15) is 62.9 Å². The molecular formula is C27H32F3N3O. The Morgan fingerprint density at radius 3 is 2.50 bits per heavy atom. The summed E-state index contributed by atoms with van der Waals surface area (Å²) in [7, 11) is 0. The number of fused-ring (bicyclic) bond motifs is 3. The minimum Gasteiger partial charge on any atom is -0.490 e. The molecule has 4 atom stereocenters. The van der Waals surface area contributed by atoms with E-state index in [-0.39, 0.29) is 36.0 Å². The molecule has 1 aliphatic carbocycles. The topological polar surface area (TPSA) is 54.3 Å². The van der Waals surface area contributed by atoms with E-state index in [4.69, 9.17) is 10.5 Å². The second-order valence-electron chi connectivity index (χ2n) is 10.5. The number of hydrogen-bond acceptors (Lipinski definition) is 3. The van der Waals surface area contributed by atoms with Gasteiger partial charge in [-0.25, -0.2) is 13.2 Å². The van der Waals surface area contributed by atoms with Crippen molar-refractivity contribution in [2.75, 3.05) is 6.54 Å². The van der Waals surface area contributed by atoms with Crippen molar-refractivity contribution in [1.82, 2.24) is 9.88 Å². The van der Waals surface area contributed by atoms with Crippen LogP contribution in [-0.4, -0.2) is 40.3 Å². The monoisotopic (exact) mass is 471 g/mol. The van der Waals surface area contributed by atoms with Gasteiger partial charge in [0.15, 0.2) is 0 Å². The van der Waals surface area contributed by atoms with Crippen LogP contribution in [0.2, 0.25) is 0 Å². The maximum Gasteiger partial charge on any atom is 0.135 e. The molecule has 2 aromatic carbocycles. The Hall–Kier alpha value is -2.51. The summed E-state index contributed by atoms with van der Waals surface area (Å²) < 4.78 is 52.0. The van der Waals surface area contributed by atoms with Crippen LogP contribution in [-0.2, 0) is 6.42 Å². The largest absolute Gasteiger partial charge is 0.490 e. The van der Waals surface area contributed by atoms with Gasteiger partial charge in [-0.1, -0.05) is 18.2 Å². The van der Waals surface area contributed by atoms with Crippen molar-refractivity contribution < 1.29 is 17.9 Å². The van der Waals surface area contributed by atoms with Crippen LogP contribution in [0.15, 0.2) is 36.4 Å². The zero-order chi connectivity index (χ0) is 24.2. The Labute approximate surface area is 198 Å². The second kappa shape index (κ2) is 8.61. The zero-order valence-electron chi connectivity index (χ0n) is 19.9. The number of H-pyrrole nitrogens is 1. The molecule has 5 rings (SSSR count).